The molecule has 0 amide bonds. The number of nitrogens with one attached hydrogen (secondary N) is 1. The Hall–Kier alpha value is -3.56. The summed E-state index contributed by atoms with van der Waals surface area (Å²) in [5, 5.41) is 9.27. The molecular formula is C23H20N6O2S. The van der Waals surface area contributed by atoms with Gasteiger partial charge in [0.25, 0.3) is 0 Å². The molecule has 5 aromatic rings. The standard InChI is InChI=1S/C23H20N6O2S/c1-30-19-5-6-24-12-17(19)20-11-15-22(29-7-9-31-10-8-29)26-21(27-23(15)32-20)14-3-2-4-18-16(14)13-25-28-18/h2-6,11-13H,7-10H2,1H3,(H,25,28). The Morgan fingerprint density at radius 1 is 1.06 bits per heavy atom. The quantitative estimate of drug-likeness (QED) is 0.446. The summed E-state index contributed by atoms with van der Waals surface area (Å²) in [5.74, 6) is 2.41. The van der Waals surface area contributed by atoms with Gasteiger partial charge < -0.3 is 14.4 Å². The number of anilines is 1. The fourth-order valence-corrected chi connectivity index (χ4v) is 5.12. The van der Waals surface area contributed by atoms with Gasteiger partial charge in [0.15, 0.2) is 5.82 Å². The van der Waals surface area contributed by atoms with E-state index in [4.69, 9.17) is 19.4 Å². The number of rotatable bonds is 4. The van der Waals surface area contributed by atoms with Gasteiger partial charge in [0.2, 0.25) is 0 Å². The first-order chi connectivity index (χ1) is 15.8. The summed E-state index contributed by atoms with van der Waals surface area (Å²) in [6, 6.07) is 10.1. The number of aromatic amines is 1. The van der Waals surface area contributed by atoms with Crippen LogP contribution in [-0.4, -0.2) is 58.6 Å². The highest BCUT2D eigenvalue weighted by Crippen LogP contribution is 2.41. The van der Waals surface area contributed by atoms with Crippen LogP contribution in [0.4, 0.5) is 5.82 Å². The number of nitrogens with zero attached hydrogens (tertiary/aromatic N) is 5. The highest BCUT2D eigenvalue weighted by atomic mass is 32.1. The third-order valence-corrected chi connectivity index (χ3v) is 6.74. The lowest BCUT2D eigenvalue weighted by Gasteiger charge is -2.28. The molecule has 1 aliphatic rings. The molecule has 160 valence electrons. The largest absolute Gasteiger partial charge is 0.496 e. The second kappa shape index (κ2) is 7.85. The number of benzene rings is 1. The molecule has 0 bridgehead atoms. The van der Waals surface area contributed by atoms with Crippen LogP contribution in [0.3, 0.4) is 0 Å². The van der Waals surface area contributed by atoms with Gasteiger partial charge in [-0.3, -0.25) is 10.1 Å². The molecule has 0 unspecified atom stereocenters. The van der Waals surface area contributed by atoms with Crippen LogP contribution in [0, 0.1) is 0 Å². The van der Waals surface area contributed by atoms with Crippen molar-refractivity contribution in [3.8, 4) is 27.6 Å². The maximum Gasteiger partial charge on any atom is 0.163 e. The average molecular weight is 445 g/mol. The fraction of sp³-hybridized carbons (Fsp3) is 0.217. The molecule has 1 fully saturated rings. The Morgan fingerprint density at radius 2 is 1.97 bits per heavy atom. The predicted molar refractivity (Wildman–Crippen MR) is 125 cm³/mol. The molecule has 1 N–H and O–H groups in total. The zero-order valence-corrected chi connectivity index (χ0v) is 18.2. The van der Waals surface area contributed by atoms with Crippen molar-refractivity contribution in [3.05, 3.63) is 48.9 Å². The third-order valence-electron chi connectivity index (χ3n) is 5.68. The van der Waals surface area contributed by atoms with Crippen LogP contribution in [-0.2, 0) is 4.74 Å². The maximum absolute atomic E-state index is 5.58. The van der Waals surface area contributed by atoms with E-state index < -0.39 is 0 Å². The Kier molecular flexibility index (Phi) is 4.70. The molecule has 0 radical (unpaired) electrons. The van der Waals surface area contributed by atoms with E-state index in [-0.39, 0.29) is 0 Å². The third kappa shape index (κ3) is 3.17. The number of aromatic nitrogens is 5. The van der Waals surface area contributed by atoms with Gasteiger partial charge in [-0.15, -0.1) is 11.3 Å². The molecule has 0 atom stereocenters. The minimum Gasteiger partial charge on any atom is -0.496 e. The smallest absolute Gasteiger partial charge is 0.163 e. The molecule has 0 aliphatic carbocycles. The van der Waals surface area contributed by atoms with Crippen molar-refractivity contribution < 1.29 is 9.47 Å². The van der Waals surface area contributed by atoms with E-state index in [2.05, 4.69) is 26.1 Å². The first-order valence-electron chi connectivity index (χ1n) is 10.4. The average Bonchev–Trinajstić information content (AvgIpc) is 3.51. The van der Waals surface area contributed by atoms with Crippen molar-refractivity contribution in [2.75, 3.05) is 38.3 Å². The highest BCUT2D eigenvalue weighted by molar-refractivity contribution is 7.22. The van der Waals surface area contributed by atoms with Gasteiger partial charge in [0, 0.05) is 41.3 Å². The molecule has 1 aliphatic heterocycles. The zero-order valence-electron chi connectivity index (χ0n) is 17.4. The number of morpholine rings is 1. The number of pyridine rings is 1. The fourth-order valence-electron chi connectivity index (χ4n) is 4.08. The van der Waals surface area contributed by atoms with Crippen LogP contribution in [0.2, 0.25) is 0 Å². The SMILES string of the molecule is COc1ccncc1-c1cc2c(N3CCOCC3)nc(-c3cccc4[nH]ncc34)nc2s1. The lowest BCUT2D eigenvalue weighted by molar-refractivity contribution is 0.122. The van der Waals surface area contributed by atoms with Crippen LogP contribution < -0.4 is 9.64 Å². The van der Waals surface area contributed by atoms with E-state index in [1.807, 2.05) is 36.7 Å². The Balaban J connectivity index is 1.58. The minimum absolute atomic E-state index is 0.686. The first kappa shape index (κ1) is 19.1. The number of fused-ring (bicyclic) bond motifs is 2. The summed E-state index contributed by atoms with van der Waals surface area (Å²) >= 11 is 1.62. The van der Waals surface area contributed by atoms with Gasteiger partial charge in [-0.1, -0.05) is 12.1 Å². The van der Waals surface area contributed by atoms with E-state index in [0.717, 1.165) is 61.8 Å². The summed E-state index contributed by atoms with van der Waals surface area (Å²) in [6.07, 6.45) is 5.39. The summed E-state index contributed by atoms with van der Waals surface area (Å²) in [5.41, 5.74) is 2.87. The summed E-state index contributed by atoms with van der Waals surface area (Å²) in [6.45, 7) is 2.96. The van der Waals surface area contributed by atoms with Gasteiger partial charge in [-0.05, 0) is 18.2 Å². The number of H-pyrrole nitrogens is 1. The summed E-state index contributed by atoms with van der Waals surface area (Å²) in [7, 11) is 1.68. The van der Waals surface area contributed by atoms with E-state index in [0.29, 0.717) is 19.0 Å². The second-order valence-electron chi connectivity index (χ2n) is 7.51. The van der Waals surface area contributed by atoms with Crippen molar-refractivity contribution in [2.24, 2.45) is 0 Å². The maximum atomic E-state index is 5.58. The van der Waals surface area contributed by atoms with Crippen molar-refractivity contribution >= 4 is 38.3 Å². The molecule has 5 heterocycles. The zero-order chi connectivity index (χ0) is 21.5. The Bertz CT molecular complexity index is 1420. The van der Waals surface area contributed by atoms with E-state index in [1.54, 1.807) is 24.6 Å². The van der Waals surface area contributed by atoms with Crippen LogP contribution in [0.5, 0.6) is 5.75 Å². The summed E-state index contributed by atoms with van der Waals surface area (Å²) in [4.78, 5) is 18.6. The van der Waals surface area contributed by atoms with Crippen LogP contribution in [0.15, 0.2) is 48.9 Å². The minimum atomic E-state index is 0.686. The van der Waals surface area contributed by atoms with Gasteiger partial charge >= 0.3 is 0 Å². The van der Waals surface area contributed by atoms with E-state index >= 15 is 0 Å². The lowest BCUT2D eigenvalue weighted by atomic mass is 10.1. The number of hydrogen-bond donors (Lipinski definition) is 1. The molecule has 0 spiro atoms. The molecule has 9 heteroatoms. The first-order valence-corrected chi connectivity index (χ1v) is 11.2. The normalized spacial score (nSPS) is 14.3. The van der Waals surface area contributed by atoms with Crippen molar-refractivity contribution in [3.63, 3.8) is 0 Å². The van der Waals surface area contributed by atoms with Crippen LogP contribution in [0.25, 0.3) is 42.9 Å². The Morgan fingerprint density at radius 3 is 2.84 bits per heavy atom. The number of methoxy groups -OCH3 is 1. The van der Waals surface area contributed by atoms with Crippen LogP contribution >= 0.6 is 11.3 Å². The molecule has 1 saturated heterocycles. The van der Waals surface area contributed by atoms with Crippen molar-refractivity contribution in [1.29, 1.82) is 0 Å². The molecule has 1 aromatic carbocycles. The topological polar surface area (TPSA) is 89.0 Å². The van der Waals surface area contributed by atoms with Gasteiger partial charge in [0.05, 0.1) is 43.0 Å². The van der Waals surface area contributed by atoms with E-state index in [9.17, 15) is 0 Å². The van der Waals surface area contributed by atoms with Gasteiger partial charge in [0.1, 0.15) is 16.4 Å². The van der Waals surface area contributed by atoms with Gasteiger partial charge in [-0.25, -0.2) is 9.97 Å². The molecule has 4 aromatic heterocycles. The highest BCUT2D eigenvalue weighted by Gasteiger charge is 2.22. The number of thiophene rings is 1. The molecule has 6 rings (SSSR count). The monoisotopic (exact) mass is 444 g/mol. The lowest BCUT2D eigenvalue weighted by Crippen LogP contribution is -2.37. The molecule has 32 heavy (non-hydrogen) atoms. The molecule has 0 saturated carbocycles. The van der Waals surface area contributed by atoms with E-state index in [1.165, 1.54) is 0 Å². The van der Waals surface area contributed by atoms with Crippen LogP contribution in [0.1, 0.15) is 0 Å². The second-order valence-corrected chi connectivity index (χ2v) is 8.54. The number of hydrogen-bond acceptors (Lipinski definition) is 8. The Labute approximate surface area is 187 Å². The number of ether oxygens (including phenoxy) is 2. The molecule has 8 nitrogen and oxygen atoms in total. The van der Waals surface area contributed by atoms with Crippen molar-refractivity contribution in [1.82, 2.24) is 25.1 Å². The van der Waals surface area contributed by atoms with Gasteiger partial charge in [-0.2, -0.15) is 5.10 Å². The molecular weight excluding hydrogens is 424 g/mol. The summed E-state index contributed by atoms with van der Waals surface area (Å²) < 4.78 is 11.1. The van der Waals surface area contributed by atoms with Crippen molar-refractivity contribution in [2.45, 2.75) is 0 Å². The predicted octanol–water partition coefficient (Wildman–Crippen LogP) is 4.14.